The lowest BCUT2D eigenvalue weighted by Gasteiger charge is -2.09. The highest BCUT2D eigenvalue weighted by molar-refractivity contribution is 6.34. The van der Waals surface area contributed by atoms with Gasteiger partial charge in [0.1, 0.15) is 10.8 Å². The number of carbonyl (C=O) groups is 2. The number of nitrogens with one attached hydrogen (secondary N) is 2. The first kappa shape index (κ1) is 15.7. The molecule has 0 unspecified atom stereocenters. The number of aromatic nitrogens is 1. The Bertz CT molecular complexity index is 478. The van der Waals surface area contributed by atoms with Crippen LogP contribution in [0.15, 0.2) is 12.1 Å². The summed E-state index contributed by atoms with van der Waals surface area (Å²) >= 11 is 11.5. The summed E-state index contributed by atoms with van der Waals surface area (Å²) in [6.07, 6.45) is 0. The molecule has 1 rings (SSSR count). The minimum Gasteiger partial charge on any atom is -0.354 e. The van der Waals surface area contributed by atoms with E-state index in [0.717, 1.165) is 0 Å². The van der Waals surface area contributed by atoms with Crippen LogP contribution in [0.5, 0.6) is 0 Å². The Morgan fingerprint density at radius 2 is 1.95 bits per heavy atom. The van der Waals surface area contributed by atoms with E-state index in [2.05, 4.69) is 15.6 Å². The third-order valence-corrected chi connectivity index (χ3v) is 2.66. The number of nitrogens with zero attached hydrogens (tertiary/aromatic N) is 1. The zero-order valence-electron chi connectivity index (χ0n) is 10.7. The standard InChI is InChI=1S/C12H15Cl2N3O2/c1-7(2)5-15-10(18)6-16-12(19)11-8(13)3-4-9(14)17-11/h3-4,7H,5-6H2,1-2H3,(H,15,18)(H,16,19). The summed E-state index contributed by atoms with van der Waals surface area (Å²) in [5.74, 6) is -0.448. The fraction of sp³-hybridized carbons (Fsp3) is 0.417. The molecular formula is C12H15Cl2N3O2. The van der Waals surface area contributed by atoms with Gasteiger partial charge in [-0.15, -0.1) is 0 Å². The van der Waals surface area contributed by atoms with Crippen LogP contribution < -0.4 is 10.6 Å². The summed E-state index contributed by atoms with van der Waals surface area (Å²) in [6, 6.07) is 2.96. The van der Waals surface area contributed by atoms with E-state index in [-0.39, 0.29) is 28.3 Å². The highest BCUT2D eigenvalue weighted by Crippen LogP contribution is 2.16. The van der Waals surface area contributed by atoms with Crippen molar-refractivity contribution in [3.63, 3.8) is 0 Å². The molecule has 0 bridgehead atoms. The molecule has 1 heterocycles. The van der Waals surface area contributed by atoms with E-state index in [0.29, 0.717) is 12.5 Å². The maximum atomic E-state index is 11.8. The van der Waals surface area contributed by atoms with E-state index in [1.54, 1.807) is 0 Å². The maximum absolute atomic E-state index is 11.8. The molecule has 104 valence electrons. The van der Waals surface area contributed by atoms with E-state index < -0.39 is 5.91 Å². The van der Waals surface area contributed by atoms with Gasteiger partial charge < -0.3 is 10.6 Å². The maximum Gasteiger partial charge on any atom is 0.271 e. The van der Waals surface area contributed by atoms with Crippen molar-refractivity contribution in [1.29, 1.82) is 0 Å². The van der Waals surface area contributed by atoms with E-state index in [9.17, 15) is 9.59 Å². The van der Waals surface area contributed by atoms with Gasteiger partial charge in [-0.3, -0.25) is 9.59 Å². The van der Waals surface area contributed by atoms with Crippen molar-refractivity contribution in [2.75, 3.05) is 13.1 Å². The normalized spacial score (nSPS) is 10.4. The quantitative estimate of drug-likeness (QED) is 0.816. The smallest absolute Gasteiger partial charge is 0.271 e. The van der Waals surface area contributed by atoms with Gasteiger partial charge in [-0.1, -0.05) is 37.0 Å². The predicted octanol–water partition coefficient (Wildman–Crippen LogP) is 1.89. The molecule has 2 N–H and O–H groups in total. The van der Waals surface area contributed by atoms with Crippen molar-refractivity contribution in [3.8, 4) is 0 Å². The van der Waals surface area contributed by atoms with Gasteiger partial charge in [-0.2, -0.15) is 0 Å². The third-order valence-electron chi connectivity index (χ3n) is 2.14. The van der Waals surface area contributed by atoms with Crippen LogP contribution in [0, 0.1) is 5.92 Å². The van der Waals surface area contributed by atoms with Crippen LogP contribution in [-0.2, 0) is 4.79 Å². The Morgan fingerprint density at radius 3 is 2.58 bits per heavy atom. The van der Waals surface area contributed by atoms with Crippen LogP contribution in [-0.4, -0.2) is 29.9 Å². The molecule has 0 saturated carbocycles. The SMILES string of the molecule is CC(C)CNC(=O)CNC(=O)c1nc(Cl)ccc1Cl. The van der Waals surface area contributed by atoms with Gasteiger partial charge in [0.05, 0.1) is 11.6 Å². The van der Waals surface area contributed by atoms with Crippen molar-refractivity contribution < 1.29 is 9.59 Å². The summed E-state index contributed by atoms with van der Waals surface area (Å²) in [4.78, 5) is 27.0. The molecule has 0 radical (unpaired) electrons. The van der Waals surface area contributed by atoms with Crippen molar-refractivity contribution in [2.45, 2.75) is 13.8 Å². The van der Waals surface area contributed by atoms with Crippen LogP contribution in [0.2, 0.25) is 10.2 Å². The zero-order chi connectivity index (χ0) is 14.4. The summed E-state index contributed by atoms with van der Waals surface area (Å²) in [6.45, 7) is 4.39. The second-order valence-electron chi connectivity index (χ2n) is 4.35. The minimum absolute atomic E-state index is 0.00539. The number of amides is 2. The predicted molar refractivity (Wildman–Crippen MR) is 74.4 cm³/mol. The number of halogens is 2. The van der Waals surface area contributed by atoms with Gasteiger partial charge >= 0.3 is 0 Å². The topological polar surface area (TPSA) is 71.1 Å². The Labute approximate surface area is 121 Å². The van der Waals surface area contributed by atoms with E-state index >= 15 is 0 Å². The summed E-state index contributed by atoms with van der Waals surface area (Å²) in [7, 11) is 0. The lowest BCUT2D eigenvalue weighted by atomic mass is 10.2. The molecule has 0 aliphatic heterocycles. The van der Waals surface area contributed by atoms with Gasteiger partial charge in [0.25, 0.3) is 5.91 Å². The molecule has 1 aromatic heterocycles. The minimum atomic E-state index is -0.535. The van der Waals surface area contributed by atoms with E-state index in [1.165, 1.54) is 12.1 Å². The van der Waals surface area contributed by atoms with Gasteiger partial charge in [-0.05, 0) is 18.1 Å². The average Bonchev–Trinajstić information content (AvgIpc) is 2.36. The molecule has 0 spiro atoms. The number of hydrogen-bond acceptors (Lipinski definition) is 3. The molecule has 0 aromatic carbocycles. The van der Waals surface area contributed by atoms with Crippen molar-refractivity contribution >= 4 is 35.0 Å². The molecule has 19 heavy (non-hydrogen) atoms. The third kappa shape index (κ3) is 5.44. The first-order valence-electron chi connectivity index (χ1n) is 5.77. The van der Waals surface area contributed by atoms with Gasteiger partial charge in [0.15, 0.2) is 0 Å². The molecular weight excluding hydrogens is 289 g/mol. The molecule has 7 heteroatoms. The lowest BCUT2D eigenvalue weighted by Crippen LogP contribution is -2.38. The van der Waals surface area contributed by atoms with Crippen molar-refractivity contribution in [1.82, 2.24) is 15.6 Å². The number of hydrogen-bond donors (Lipinski definition) is 2. The molecule has 2 amide bonds. The molecule has 1 aromatic rings. The lowest BCUT2D eigenvalue weighted by molar-refractivity contribution is -0.120. The fourth-order valence-electron chi connectivity index (χ4n) is 1.20. The molecule has 0 fully saturated rings. The Kier molecular flexibility index (Phi) is 6.05. The molecule has 0 atom stereocenters. The van der Waals surface area contributed by atoms with Crippen LogP contribution in [0.25, 0.3) is 0 Å². The molecule has 0 aliphatic rings. The fourth-order valence-corrected chi connectivity index (χ4v) is 1.54. The second kappa shape index (κ2) is 7.31. The Hall–Kier alpha value is -1.33. The Morgan fingerprint density at radius 1 is 1.26 bits per heavy atom. The largest absolute Gasteiger partial charge is 0.354 e. The molecule has 5 nitrogen and oxygen atoms in total. The Balaban J connectivity index is 2.51. The van der Waals surface area contributed by atoms with Crippen LogP contribution in [0.4, 0.5) is 0 Å². The summed E-state index contributed by atoms with van der Waals surface area (Å²) < 4.78 is 0. The molecule has 0 aliphatic carbocycles. The van der Waals surface area contributed by atoms with Crippen molar-refractivity contribution in [3.05, 3.63) is 28.0 Å². The van der Waals surface area contributed by atoms with Gasteiger partial charge in [-0.25, -0.2) is 4.98 Å². The first-order chi connectivity index (χ1) is 8.90. The van der Waals surface area contributed by atoms with Crippen LogP contribution >= 0.6 is 23.2 Å². The highest BCUT2D eigenvalue weighted by Gasteiger charge is 2.13. The van der Waals surface area contributed by atoms with E-state index in [4.69, 9.17) is 23.2 Å². The summed E-state index contributed by atoms with van der Waals surface area (Å²) in [5, 5.41) is 5.47. The van der Waals surface area contributed by atoms with E-state index in [1.807, 2.05) is 13.8 Å². The van der Waals surface area contributed by atoms with Gasteiger partial charge in [0, 0.05) is 6.54 Å². The number of carbonyl (C=O) groups excluding carboxylic acids is 2. The average molecular weight is 304 g/mol. The summed E-state index contributed by atoms with van der Waals surface area (Å²) in [5.41, 5.74) is 0.00539. The van der Waals surface area contributed by atoms with Gasteiger partial charge in [0.2, 0.25) is 5.91 Å². The highest BCUT2D eigenvalue weighted by atomic mass is 35.5. The first-order valence-corrected chi connectivity index (χ1v) is 6.52. The monoisotopic (exact) mass is 303 g/mol. The number of rotatable bonds is 5. The van der Waals surface area contributed by atoms with Crippen LogP contribution in [0.1, 0.15) is 24.3 Å². The van der Waals surface area contributed by atoms with Crippen LogP contribution in [0.3, 0.4) is 0 Å². The van der Waals surface area contributed by atoms with Crippen molar-refractivity contribution in [2.24, 2.45) is 5.92 Å². The number of pyridine rings is 1. The zero-order valence-corrected chi connectivity index (χ0v) is 12.2. The molecule has 0 saturated heterocycles. The second-order valence-corrected chi connectivity index (χ2v) is 5.14.